The van der Waals surface area contributed by atoms with Crippen molar-refractivity contribution in [3.63, 3.8) is 0 Å². The summed E-state index contributed by atoms with van der Waals surface area (Å²) in [6.07, 6.45) is 0. The molecule has 1 aromatic carbocycles. The molecular weight excluding hydrogens is 244 g/mol. The van der Waals surface area contributed by atoms with E-state index in [9.17, 15) is 9.90 Å². The van der Waals surface area contributed by atoms with Crippen molar-refractivity contribution >= 4 is 5.91 Å². The Bertz CT molecular complexity index is 598. The molecule has 0 atom stereocenters. The predicted molar refractivity (Wildman–Crippen MR) is 70.0 cm³/mol. The summed E-state index contributed by atoms with van der Waals surface area (Å²) in [5, 5.41) is 16.3. The van der Waals surface area contributed by atoms with Crippen LogP contribution in [0.1, 0.15) is 32.9 Å². The number of aromatic hydroxyl groups is 1. The summed E-state index contributed by atoms with van der Waals surface area (Å²) in [5.74, 6) is 0.342. The number of aromatic nitrogens is 1. The predicted octanol–water partition coefficient (Wildman–Crippen LogP) is 2.24. The maximum atomic E-state index is 12.0. The van der Waals surface area contributed by atoms with Crippen LogP contribution in [0.4, 0.5) is 0 Å². The summed E-state index contributed by atoms with van der Waals surface area (Å²) in [6.45, 7) is 5.81. The minimum atomic E-state index is -0.318. The highest BCUT2D eigenvalue weighted by atomic mass is 16.5. The number of carbonyl (C=O) groups excluding carboxylic acids is 1. The molecule has 5 heteroatoms. The number of aryl methyl sites for hydroxylation is 3. The van der Waals surface area contributed by atoms with E-state index in [1.807, 2.05) is 13.8 Å². The molecule has 0 aliphatic carbocycles. The number of amides is 1. The lowest BCUT2D eigenvalue weighted by Gasteiger charge is -2.07. The van der Waals surface area contributed by atoms with Gasteiger partial charge in [-0.25, -0.2) is 0 Å². The molecule has 2 aromatic rings. The number of phenolic OH excluding ortho intramolecular Hbond substituents is 1. The van der Waals surface area contributed by atoms with Gasteiger partial charge in [0.1, 0.15) is 11.5 Å². The first-order valence-electron chi connectivity index (χ1n) is 5.98. The topological polar surface area (TPSA) is 75.4 Å². The molecule has 0 aliphatic rings. The lowest BCUT2D eigenvalue weighted by molar-refractivity contribution is 0.0948. The molecule has 0 radical (unpaired) electrons. The first-order valence-corrected chi connectivity index (χ1v) is 5.98. The van der Waals surface area contributed by atoms with Crippen LogP contribution >= 0.6 is 0 Å². The fourth-order valence-corrected chi connectivity index (χ4v) is 1.85. The first kappa shape index (κ1) is 13.1. The number of nitrogens with one attached hydrogen (secondary N) is 1. The van der Waals surface area contributed by atoms with E-state index in [-0.39, 0.29) is 17.2 Å². The Morgan fingerprint density at radius 3 is 2.74 bits per heavy atom. The van der Waals surface area contributed by atoms with E-state index in [2.05, 4.69) is 10.5 Å². The van der Waals surface area contributed by atoms with Gasteiger partial charge in [0.25, 0.3) is 5.91 Å². The summed E-state index contributed by atoms with van der Waals surface area (Å²) in [5.41, 5.74) is 2.80. The third-order valence-corrected chi connectivity index (χ3v) is 3.00. The summed E-state index contributed by atoms with van der Waals surface area (Å²) in [7, 11) is 0. The normalized spacial score (nSPS) is 10.5. The monoisotopic (exact) mass is 260 g/mol. The zero-order valence-electron chi connectivity index (χ0n) is 11.2. The van der Waals surface area contributed by atoms with Gasteiger partial charge in [-0.05, 0) is 32.9 Å². The van der Waals surface area contributed by atoms with Gasteiger partial charge < -0.3 is 14.9 Å². The van der Waals surface area contributed by atoms with Crippen LogP contribution < -0.4 is 5.32 Å². The summed E-state index contributed by atoms with van der Waals surface area (Å²) >= 11 is 0. The van der Waals surface area contributed by atoms with Gasteiger partial charge in [0.15, 0.2) is 0 Å². The van der Waals surface area contributed by atoms with E-state index < -0.39 is 0 Å². The van der Waals surface area contributed by atoms with Crippen LogP contribution in [0.15, 0.2) is 22.7 Å². The molecule has 1 heterocycles. The zero-order chi connectivity index (χ0) is 14.0. The van der Waals surface area contributed by atoms with Crippen LogP contribution in [0.25, 0.3) is 0 Å². The molecule has 19 heavy (non-hydrogen) atoms. The quantitative estimate of drug-likeness (QED) is 0.887. The highest BCUT2D eigenvalue weighted by Crippen LogP contribution is 2.18. The molecule has 1 amide bonds. The van der Waals surface area contributed by atoms with Gasteiger partial charge in [0, 0.05) is 12.1 Å². The number of carbonyl (C=O) groups is 1. The van der Waals surface area contributed by atoms with Crippen LogP contribution in [-0.4, -0.2) is 16.2 Å². The maximum absolute atomic E-state index is 12.0. The van der Waals surface area contributed by atoms with Gasteiger partial charge in [0.2, 0.25) is 0 Å². The van der Waals surface area contributed by atoms with Crippen LogP contribution in [0.2, 0.25) is 0 Å². The Balaban J connectivity index is 2.12. The Morgan fingerprint density at radius 2 is 2.11 bits per heavy atom. The smallest absolute Gasteiger partial charge is 0.255 e. The number of nitrogens with zero attached hydrogens (tertiary/aromatic N) is 1. The van der Waals surface area contributed by atoms with Crippen molar-refractivity contribution in [2.24, 2.45) is 0 Å². The first-order chi connectivity index (χ1) is 8.99. The number of hydrogen-bond acceptors (Lipinski definition) is 4. The van der Waals surface area contributed by atoms with Crippen LogP contribution in [0, 0.1) is 20.8 Å². The lowest BCUT2D eigenvalue weighted by Crippen LogP contribution is -2.23. The molecule has 0 saturated heterocycles. The zero-order valence-corrected chi connectivity index (χ0v) is 11.2. The molecule has 5 nitrogen and oxygen atoms in total. The van der Waals surface area contributed by atoms with Crippen molar-refractivity contribution in [3.8, 4) is 5.75 Å². The van der Waals surface area contributed by atoms with Gasteiger partial charge in [-0.15, -0.1) is 0 Å². The number of phenols is 1. The molecule has 1 aromatic heterocycles. The molecule has 100 valence electrons. The van der Waals surface area contributed by atoms with E-state index >= 15 is 0 Å². The third kappa shape index (κ3) is 2.76. The van der Waals surface area contributed by atoms with Gasteiger partial charge in [0.05, 0.1) is 11.3 Å². The highest BCUT2D eigenvalue weighted by Gasteiger charge is 2.14. The minimum Gasteiger partial charge on any atom is -0.507 e. The molecule has 0 bridgehead atoms. The maximum Gasteiger partial charge on any atom is 0.255 e. The second kappa shape index (κ2) is 5.14. The molecule has 0 saturated carbocycles. The van der Waals surface area contributed by atoms with E-state index in [4.69, 9.17) is 4.52 Å². The van der Waals surface area contributed by atoms with Crippen LogP contribution in [0.5, 0.6) is 5.75 Å². The highest BCUT2D eigenvalue weighted by molar-refractivity contribution is 5.96. The Labute approximate surface area is 111 Å². The van der Waals surface area contributed by atoms with Gasteiger partial charge >= 0.3 is 0 Å². The fraction of sp³-hybridized carbons (Fsp3) is 0.286. The Hall–Kier alpha value is -2.30. The molecule has 0 fully saturated rings. The SMILES string of the molecule is Cc1ccc(O)c(C(=O)NCc2c(C)noc2C)c1. The van der Waals surface area contributed by atoms with Gasteiger partial charge in [-0.2, -0.15) is 0 Å². The van der Waals surface area contributed by atoms with E-state index in [0.717, 1.165) is 16.8 Å². The Kier molecular flexibility index (Phi) is 3.55. The van der Waals surface area contributed by atoms with Crippen molar-refractivity contribution in [3.05, 3.63) is 46.3 Å². The van der Waals surface area contributed by atoms with Gasteiger partial charge in [-0.1, -0.05) is 16.8 Å². The second-order valence-electron chi connectivity index (χ2n) is 4.51. The molecule has 0 aliphatic heterocycles. The molecule has 0 spiro atoms. The number of hydrogen-bond donors (Lipinski definition) is 2. The standard InChI is InChI=1S/C14H16N2O3/c1-8-4-5-13(17)11(6-8)14(18)15-7-12-9(2)16-19-10(12)3/h4-6,17H,7H2,1-3H3,(H,15,18). The van der Waals surface area contributed by atoms with Crippen molar-refractivity contribution in [1.82, 2.24) is 10.5 Å². The summed E-state index contributed by atoms with van der Waals surface area (Å²) < 4.78 is 5.03. The molecule has 0 unspecified atom stereocenters. The van der Waals surface area contributed by atoms with Gasteiger partial charge in [-0.3, -0.25) is 4.79 Å². The average Bonchev–Trinajstić information content (AvgIpc) is 2.69. The lowest BCUT2D eigenvalue weighted by atomic mass is 10.1. The molecule has 2 rings (SSSR count). The van der Waals surface area contributed by atoms with E-state index in [0.29, 0.717) is 12.3 Å². The van der Waals surface area contributed by atoms with Crippen LogP contribution in [-0.2, 0) is 6.54 Å². The van der Waals surface area contributed by atoms with E-state index in [1.165, 1.54) is 6.07 Å². The molecule has 2 N–H and O–H groups in total. The Morgan fingerprint density at radius 1 is 1.37 bits per heavy atom. The second-order valence-corrected chi connectivity index (χ2v) is 4.51. The molecular formula is C14H16N2O3. The van der Waals surface area contributed by atoms with Crippen molar-refractivity contribution < 1.29 is 14.4 Å². The fourth-order valence-electron chi connectivity index (χ4n) is 1.85. The average molecular weight is 260 g/mol. The number of benzene rings is 1. The third-order valence-electron chi connectivity index (χ3n) is 3.00. The van der Waals surface area contributed by atoms with Crippen LogP contribution in [0.3, 0.4) is 0 Å². The summed E-state index contributed by atoms with van der Waals surface area (Å²) in [6, 6.07) is 4.92. The van der Waals surface area contributed by atoms with Crippen molar-refractivity contribution in [2.75, 3.05) is 0 Å². The van der Waals surface area contributed by atoms with Crippen molar-refractivity contribution in [1.29, 1.82) is 0 Å². The summed E-state index contributed by atoms with van der Waals surface area (Å²) in [4.78, 5) is 12.0. The number of rotatable bonds is 3. The van der Waals surface area contributed by atoms with Crippen molar-refractivity contribution in [2.45, 2.75) is 27.3 Å². The minimum absolute atomic E-state index is 0.0261. The largest absolute Gasteiger partial charge is 0.507 e. The van der Waals surface area contributed by atoms with E-state index in [1.54, 1.807) is 19.1 Å².